The molecule has 0 saturated carbocycles. The van der Waals surface area contributed by atoms with E-state index in [0.717, 1.165) is 29.1 Å². The molecule has 0 amide bonds. The van der Waals surface area contributed by atoms with Crippen LogP contribution in [0.2, 0.25) is 0 Å². The number of fused-ring (bicyclic) bond motifs is 7. The van der Waals surface area contributed by atoms with Gasteiger partial charge in [0.15, 0.2) is 0 Å². The highest BCUT2D eigenvalue weighted by Crippen LogP contribution is 2.42. The third-order valence-corrected chi connectivity index (χ3v) is 10.4. The molecule has 9 rings (SSSR count). The highest BCUT2D eigenvalue weighted by Gasteiger charge is 2.23. The van der Waals surface area contributed by atoms with Crippen molar-refractivity contribution in [2.75, 3.05) is 0 Å². The Kier molecular flexibility index (Phi) is 6.94. The van der Waals surface area contributed by atoms with Crippen LogP contribution < -0.4 is 0 Å². The largest absolute Gasteiger partial charge is 0.307 e. The molecule has 0 bridgehead atoms. The molecule has 0 aliphatic heterocycles. The van der Waals surface area contributed by atoms with Crippen LogP contribution in [-0.4, -0.2) is 14.1 Å². The van der Waals surface area contributed by atoms with Gasteiger partial charge in [0.25, 0.3) is 0 Å². The van der Waals surface area contributed by atoms with Crippen LogP contribution in [-0.2, 0) is 0 Å². The molecule has 1 unspecified atom stereocenters. The Bertz CT molecular complexity index is 2660. The number of aryl methyl sites for hydroxylation is 1. The molecule has 3 aromatic heterocycles. The second-order valence-electron chi connectivity index (χ2n) is 13.2. The Morgan fingerprint density at radius 3 is 1.78 bits per heavy atom. The smallest absolute Gasteiger partial charge is 0.138 e. The van der Waals surface area contributed by atoms with Gasteiger partial charge in [0, 0.05) is 32.8 Å². The molecular formula is C46H37N3. The molecule has 236 valence electrons. The monoisotopic (exact) mass is 631 g/mol. The fourth-order valence-electron chi connectivity index (χ4n) is 7.70. The van der Waals surface area contributed by atoms with Crippen LogP contribution in [0.25, 0.3) is 77.5 Å². The van der Waals surface area contributed by atoms with Gasteiger partial charge in [-0.1, -0.05) is 135 Å². The van der Waals surface area contributed by atoms with Crippen LogP contribution in [0.1, 0.15) is 37.3 Å². The summed E-state index contributed by atoms with van der Waals surface area (Å²) in [4.78, 5) is 5.58. The predicted molar refractivity (Wildman–Crippen MR) is 207 cm³/mol. The van der Waals surface area contributed by atoms with E-state index in [0.29, 0.717) is 5.92 Å². The lowest BCUT2D eigenvalue weighted by molar-refractivity contribution is 0.731. The number of rotatable bonds is 6. The van der Waals surface area contributed by atoms with Crippen molar-refractivity contribution in [1.82, 2.24) is 14.1 Å². The van der Waals surface area contributed by atoms with E-state index < -0.39 is 0 Å². The van der Waals surface area contributed by atoms with Crippen molar-refractivity contribution in [2.45, 2.75) is 33.1 Å². The molecule has 0 fully saturated rings. The lowest BCUT2D eigenvalue weighted by Gasteiger charge is -2.18. The first-order valence-corrected chi connectivity index (χ1v) is 17.3. The van der Waals surface area contributed by atoms with E-state index in [1.54, 1.807) is 0 Å². The summed E-state index contributed by atoms with van der Waals surface area (Å²) in [5.74, 6) is 1.32. The first-order valence-electron chi connectivity index (χ1n) is 17.3. The van der Waals surface area contributed by atoms with Crippen LogP contribution in [0.4, 0.5) is 0 Å². The van der Waals surface area contributed by atoms with Crippen molar-refractivity contribution in [3.05, 3.63) is 163 Å². The second-order valence-corrected chi connectivity index (χ2v) is 13.2. The zero-order valence-corrected chi connectivity index (χ0v) is 28.1. The summed E-state index contributed by atoms with van der Waals surface area (Å²) in [6.07, 6.45) is 1.05. The Hall–Kier alpha value is -5.93. The van der Waals surface area contributed by atoms with Gasteiger partial charge in [0.2, 0.25) is 0 Å². The van der Waals surface area contributed by atoms with E-state index in [4.69, 9.17) is 4.98 Å². The Morgan fingerprint density at radius 1 is 0.531 bits per heavy atom. The Balaban J connectivity index is 1.39. The Morgan fingerprint density at radius 2 is 1.10 bits per heavy atom. The van der Waals surface area contributed by atoms with Crippen LogP contribution in [0, 0.1) is 6.92 Å². The first kappa shape index (κ1) is 29.2. The first-order chi connectivity index (χ1) is 24.1. The fourth-order valence-corrected chi connectivity index (χ4v) is 7.70. The zero-order valence-electron chi connectivity index (χ0n) is 28.1. The van der Waals surface area contributed by atoms with Gasteiger partial charge in [-0.25, -0.2) is 4.98 Å². The molecular weight excluding hydrogens is 595 g/mol. The van der Waals surface area contributed by atoms with Gasteiger partial charge in [-0.3, -0.25) is 4.57 Å². The van der Waals surface area contributed by atoms with Crippen molar-refractivity contribution in [1.29, 1.82) is 0 Å². The summed E-state index contributed by atoms with van der Waals surface area (Å²) >= 11 is 0. The number of nitrogens with zero attached hydrogens (tertiary/aromatic N) is 3. The average molecular weight is 632 g/mol. The lowest BCUT2D eigenvalue weighted by Crippen LogP contribution is -2.05. The molecule has 9 aromatic rings. The maximum absolute atomic E-state index is 5.58. The summed E-state index contributed by atoms with van der Waals surface area (Å²) in [5, 5.41) is 4.91. The summed E-state index contributed by atoms with van der Waals surface area (Å²) in [6, 6.07) is 55.0. The number of benzene rings is 6. The predicted octanol–water partition coefficient (Wildman–Crippen LogP) is 12.4. The normalized spacial score (nSPS) is 12.4. The molecule has 6 aromatic carbocycles. The fraction of sp³-hybridized carbons (Fsp3) is 0.109. The maximum Gasteiger partial charge on any atom is 0.138 e. The lowest BCUT2D eigenvalue weighted by atomic mass is 9.92. The second kappa shape index (κ2) is 11.6. The molecule has 3 nitrogen and oxygen atoms in total. The highest BCUT2D eigenvalue weighted by atomic mass is 15.1. The molecule has 3 heterocycles. The number of aromatic nitrogens is 3. The van der Waals surface area contributed by atoms with E-state index >= 15 is 0 Å². The van der Waals surface area contributed by atoms with E-state index in [1.807, 2.05) is 0 Å². The molecule has 1 atom stereocenters. The maximum atomic E-state index is 5.58. The molecule has 0 N–H and O–H groups in total. The van der Waals surface area contributed by atoms with Gasteiger partial charge in [0.05, 0.1) is 27.8 Å². The van der Waals surface area contributed by atoms with Gasteiger partial charge in [-0.15, -0.1) is 0 Å². The SMILES string of the molecule is CCC(C)c1ccc(-n2c3ccccc3c3ccc4c5ccccc5n(-c5ccc(-c6ccccc6)cc5)c4c32)nc1-c1ccccc1C. The molecule has 49 heavy (non-hydrogen) atoms. The summed E-state index contributed by atoms with van der Waals surface area (Å²) in [5.41, 5.74) is 13.0. The molecule has 0 spiro atoms. The average Bonchev–Trinajstić information content (AvgIpc) is 3.68. The molecule has 0 radical (unpaired) electrons. The topological polar surface area (TPSA) is 22.8 Å². The third-order valence-electron chi connectivity index (χ3n) is 10.4. The minimum atomic E-state index is 0.391. The van der Waals surface area contributed by atoms with E-state index in [2.05, 4.69) is 182 Å². The molecule has 0 saturated heterocycles. The van der Waals surface area contributed by atoms with Crippen molar-refractivity contribution in [2.24, 2.45) is 0 Å². The molecule has 3 heteroatoms. The van der Waals surface area contributed by atoms with Crippen LogP contribution >= 0.6 is 0 Å². The third kappa shape index (κ3) is 4.61. The van der Waals surface area contributed by atoms with Crippen LogP contribution in [0.15, 0.2) is 152 Å². The van der Waals surface area contributed by atoms with Gasteiger partial charge >= 0.3 is 0 Å². The van der Waals surface area contributed by atoms with E-state index in [9.17, 15) is 0 Å². The van der Waals surface area contributed by atoms with Gasteiger partial charge in [-0.05, 0) is 71.8 Å². The number of hydrogen-bond acceptors (Lipinski definition) is 1. The van der Waals surface area contributed by atoms with Crippen molar-refractivity contribution in [3.8, 4) is 33.9 Å². The zero-order chi connectivity index (χ0) is 33.1. The number of pyridine rings is 1. The summed E-state index contributed by atoms with van der Waals surface area (Å²) in [6.45, 7) is 6.76. The van der Waals surface area contributed by atoms with Gasteiger partial charge < -0.3 is 4.57 Å². The van der Waals surface area contributed by atoms with E-state index in [-0.39, 0.29) is 0 Å². The van der Waals surface area contributed by atoms with Crippen LogP contribution in [0.5, 0.6) is 0 Å². The van der Waals surface area contributed by atoms with Crippen LogP contribution in [0.3, 0.4) is 0 Å². The minimum absolute atomic E-state index is 0.391. The summed E-state index contributed by atoms with van der Waals surface area (Å²) in [7, 11) is 0. The highest BCUT2D eigenvalue weighted by molar-refractivity contribution is 6.23. The van der Waals surface area contributed by atoms with Crippen molar-refractivity contribution in [3.63, 3.8) is 0 Å². The molecule has 0 aliphatic rings. The quantitative estimate of drug-likeness (QED) is 0.179. The Labute approximate surface area is 286 Å². The van der Waals surface area contributed by atoms with Crippen molar-refractivity contribution >= 4 is 43.6 Å². The van der Waals surface area contributed by atoms with E-state index in [1.165, 1.54) is 65.9 Å². The summed E-state index contributed by atoms with van der Waals surface area (Å²) < 4.78 is 4.86. The molecule has 0 aliphatic carbocycles. The number of para-hydroxylation sites is 2. The van der Waals surface area contributed by atoms with Gasteiger partial charge in [-0.2, -0.15) is 0 Å². The van der Waals surface area contributed by atoms with Crippen molar-refractivity contribution < 1.29 is 0 Å². The van der Waals surface area contributed by atoms with Gasteiger partial charge in [0.1, 0.15) is 5.82 Å². The standard InChI is InChI=1S/C46H37N3/c1-4-30(2)36-28-29-43(47-44(36)35-17-9-8-14-31(35)3)49-42-21-13-11-19-38(42)40-27-26-39-37-18-10-12-20-41(37)48(45(39)46(40)49)34-24-22-33(23-25-34)32-15-6-5-7-16-32/h5-30H,4H2,1-3H3. The minimum Gasteiger partial charge on any atom is -0.307 e. The number of hydrogen-bond donors (Lipinski definition) is 0.